The van der Waals surface area contributed by atoms with Crippen molar-refractivity contribution in [1.82, 2.24) is 9.97 Å². The van der Waals surface area contributed by atoms with E-state index in [1.165, 1.54) is 18.2 Å². The average Bonchev–Trinajstić information content (AvgIpc) is 2.69. The number of carbonyl (C=O) groups excluding carboxylic acids is 1. The van der Waals surface area contributed by atoms with Crippen LogP contribution in [0.5, 0.6) is 0 Å². The van der Waals surface area contributed by atoms with Crippen molar-refractivity contribution in [3.8, 4) is 0 Å². The lowest BCUT2D eigenvalue weighted by Crippen LogP contribution is -2.33. The van der Waals surface area contributed by atoms with E-state index >= 15 is 0 Å². The van der Waals surface area contributed by atoms with E-state index in [1.54, 1.807) is 0 Å². The van der Waals surface area contributed by atoms with Gasteiger partial charge in [-0.25, -0.2) is 9.97 Å². The highest BCUT2D eigenvalue weighted by molar-refractivity contribution is 5.72. The number of ether oxygens (including phenoxy) is 1. The molecule has 2 atom stereocenters. The average molecular weight is 382 g/mol. The molecule has 3 rings (SSSR count). The zero-order valence-electron chi connectivity index (χ0n) is 17.4. The van der Waals surface area contributed by atoms with Crippen LogP contribution in [0.1, 0.15) is 53.9 Å². The summed E-state index contributed by atoms with van der Waals surface area (Å²) in [5.74, 6) is 1.84. The predicted octanol–water partition coefficient (Wildman–Crippen LogP) is 4.38. The van der Waals surface area contributed by atoms with Crippen molar-refractivity contribution < 1.29 is 9.53 Å². The lowest BCUT2D eigenvalue weighted by molar-refractivity contribution is -0.148. The summed E-state index contributed by atoms with van der Waals surface area (Å²) in [5, 5.41) is 3.55. The minimum atomic E-state index is -0.0820. The van der Waals surface area contributed by atoms with Gasteiger partial charge in [0.15, 0.2) is 0 Å². The Labute approximate surface area is 167 Å². The van der Waals surface area contributed by atoms with Crippen LogP contribution < -0.4 is 5.32 Å². The molecule has 1 saturated carbocycles. The molecule has 1 N–H and O–H groups in total. The van der Waals surface area contributed by atoms with Crippen LogP contribution in [0.3, 0.4) is 0 Å². The number of anilines is 1. The van der Waals surface area contributed by atoms with Crippen LogP contribution in [0, 0.1) is 32.6 Å². The maximum atomic E-state index is 12.2. The smallest absolute Gasteiger partial charge is 0.309 e. The summed E-state index contributed by atoms with van der Waals surface area (Å²) < 4.78 is 5.03. The summed E-state index contributed by atoms with van der Waals surface area (Å²) >= 11 is 0. The molecule has 28 heavy (non-hydrogen) atoms. The Bertz CT molecular complexity index is 817. The minimum absolute atomic E-state index is 0.0178. The molecule has 1 aliphatic rings. The van der Waals surface area contributed by atoms with Crippen molar-refractivity contribution in [2.75, 3.05) is 19.0 Å². The molecule has 2 aromatic rings. The number of carbonyl (C=O) groups is 1. The summed E-state index contributed by atoms with van der Waals surface area (Å²) in [6, 6.07) is 8.59. The summed E-state index contributed by atoms with van der Waals surface area (Å²) in [6.07, 6.45) is 5.01. The van der Waals surface area contributed by atoms with Crippen molar-refractivity contribution in [3.63, 3.8) is 0 Å². The molecule has 150 valence electrons. The summed E-state index contributed by atoms with van der Waals surface area (Å²) in [6.45, 7) is 6.79. The molecule has 2 unspecified atom stereocenters. The number of nitrogens with zero attached hydrogens (tertiary/aromatic N) is 2. The number of aryl methyl sites for hydroxylation is 3. The third-order valence-corrected chi connectivity index (χ3v) is 5.77. The number of nitrogens with one attached hydrogen (secondary N) is 1. The van der Waals surface area contributed by atoms with E-state index in [-0.39, 0.29) is 17.8 Å². The van der Waals surface area contributed by atoms with E-state index < -0.39 is 0 Å². The van der Waals surface area contributed by atoms with Crippen LogP contribution in [0.4, 0.5) is 5.82 Å². The number of methoxy groups -OCH3 is 1. The van der Waals surface area contributed by atoms with Gasteiger partial charge in [0.05, 0.1) is 13.0 Å². The zero-order chi connectivity index (χ0) is 20.1. The fraction of sp³-hybridized carbons (Fsp3) is 0.522. The quantitative estimate of drug-likeness (QED) is 0.752. The molecule has 1 heterocycles. The van der Waals surface area contributed by atoms with E-state index in [0.717, 1.165) is 61.5 Å². The van der Waals surface area contributed by atoms with Crippen molar-refractivity contribution in [2.45, 2.75) is 52.9 Å². The SMILES string of the molecule is COC(=O)C1CCCCC1CNc1nc(C)nc(C)c1Cc1ccc(C)cc1. The Hall–Kier alpha value is -2.43. The topological polar surface area (TPSA) is 64.1 Å². The van der Waals surface area contributed by atoms with Crippen molar-refractivity contribution in [3.05, 3.63) is 52.5 Å². The van der Waals surface area contributed by atoms with E-state index in [1.807, 2.05) is 13.8 Å². The van der Waals surface area contributed by atoms with Crippen LogP contribution in [0.2, 0.25) is 0 Å². The molecule has 1 aliphatic carbocycles. The van der Waals surface area contributed by atoms with Gasteiger partial charge in [-0.2, -0.15) is 0 Å². The second kappa shape index (κ2) is 9.18. The molecule has 5 nitrogen and oxygen atoms in total. The molecular weight excluding hydrogens is 350 g/mol. The van der Waals surface area contributed by atoms with E-state index in [4.69, 9.17) is 4.74 Å². The van der Waals surface area contributed by atoms with E-state index in [0.29, 0.717) is 0 Å². The fourth-order valence-corrected chi connectivity index (χ4v) is 4.15. The highest BCUT2D eigenvalue weighted by atomic mass is 16.5. The van der Waals surface area contributed by atoms with E-state index in [2.05, 4.69) is 46.5 Å². The number of esters is 1. The van der Waals surface area contributed by atoms with Gasteiger partial charge in [-0.05, 0) is 45.1 Å². The standard InChI is InChI=1S/C23H31N3O2/c1-15-9-11-18(12-10-15)13-21-16(2)25-17(3)26-22(21)24-14-19-7-5-6-8-20(19)23(27)28-4/h9-12,19-20H,5-8,13-14H2,1-4H3,(H,24,25,26). The van der Waals surface area contributed by atoms with Gasteiger partial charge < -0.3 is 10.1 Å². The third-order valence-electron chi connectivity index (χ3n) is 5.77. The van der Waals surface area contributed by atoms with Gasteiger partial charge in [0.25, 0.3) is 0 Å². The molecule has 0 saturated heterocycles. The second-order valence-electron chi connectivity index (χ2n) is 7.90. The Morgan fingerprint density at radius 1 is 1.11 bits per heavy atom. The molecule has 1 aromatic carbocycles. The van der Waals surface area contributed by atoms with Gasteiger partial charge in [-0.15, -0.1) is 0 Å². The molecule has 1 fully saturated rings. The maximum absolute atomic E-state index is 12.2. The zero-order valence-corrected chi connectivity index (χ0v) is 17.4. The first kappa shape index (κ1) is 20.3. The Morgan fingerprint density at radius 2 is 1.82 bits per heavy atom. The minimum Gasteiger partial charge on any atom is -0.469 e. The predicted molar refractivity (Wildman–Crippen MR) is 111 cm³/mol. The fourth-order valence-electron chi connectivity index (χ4n) is 4.15. The normalized spacial score (nSPS) is 19.3. The van der Waals surface area contributed by atoms with Gasteiger partial charge in [0, 0.05) is 24.2 Å². The first-order chi connectivity index (χ1) is 13.5. The van der Waals surface area contributed by atoms with Crippen molar-refractivity contribution in [1.29, 1.82) is 0 Å². The molecule has 5 heteroatoms. The lowest BCUT2D eigenvalue weighted by Gasteiger charge is -2.30. The first-order valence-electron chi connectivity index (χ1n) is 10.2. The van der Waals surface area contributed by atoms with Gasteiger partial charge >= 0.3 is 5.97 Å². The second-order valence-corrected chi connectivity index (χ2v) is 7.90. The molecule has 0 amide bonds. The highest BCUT2D eigenvalue weighted by Crippen LogP contribution is 2.31. The Morgan fingerprint density at radius 3 is 2.54 bits per heavy atom. The van der Waals surface area contributed by atoms with Gasteiger partial charge in [-0.1, -0.05) is 42.7 Å². The Balaban J connectivity index is 1.78. The third kappa shape index (κ3) is 4.89. The van der Waals surface area contributed by atoms with Crippen molar-refractivity contribution >= 4 is 11.8 Å². The lowest BCUT2D eigenvalue weighted by atomic mass is 9.79. The number of rotatable bonds is 6. The van der Waals surface area contributed by atoms with Gasteiger partial charge in [-0.3, -0.25) is 4.79 Å². The largest absolute Gasteiger partial charge is 0.469 e. The maximum Gasteiger partial charge on any atom is 0.309 e. The van der Waals surface area contributed by atoms with Crippen LogP contribution in [0.25, 0.3) is 0 Å². The highest BCUT2D eigenvalue weighted by Gasteiger charge is 2.31. The van der Waals surface area contributed by atoms with Gasteiger partial charge in [0.1, 0.15) is 11.6 Å². The number of aromatic nitrogens is 2. The number of hydrogen-bond donors (Lipinski definition) is 1. The molecule has 1 aromatic heterocycles. The molecule has 0 radical (unpaired) electrons. The van der Waals surface area contributed by atoms with E-state index in [9.17, 15) is 4.79 Å². The summed E-state index contributed by atoms with van der Waals surface area (Å²) in [7, 11) is 1.48. The molecule has 0 spiro atoms. The molecule has 0 aliphatic heterocycles. The Kier molecular flexibility index (Phi) is 6.65. The van der Waals surface area contributed by atoms with Crippen molar-refractivity contribution in [2.24, 2.45) is 11.8 Å². The monoisotopic (exact) mass is 381 g/mol. The first-order valence-corrected chi connectivity index (χ1v) is 10.2. The van der Waals surface area contributed by atoms with Crippen LogP contribution in [-0.4, -0.2) is 29.6 Å². The van der Waals surface area contributed by atoms with Crippen LogP contribution in [-0.2, 0) is 16.0 Å². The van der Waals surface area contributed by atoms with Gasteiger partial charge in [0.2, 0.25) is 0 Å². The van der Waals surface area contributed by atoms with Crippen LogP contribution in [0.15, 0.2) is 24.3 Å². The summed E-state index contributed by atoms with van der Waals surface area (Å²) in [5.41, 5.74) is 4.63. The summed E-state index contributed by atoms with van der Waals surface area (Å²) in [4.78, 5) is 21.4. The van der Waals surface area contributed by atoms with Crippen LogP contribution >= 0.6 is 0 Å². The molecular formula is C23H31N3O2. The number of hydrogen-bond acceptors (Lipinski definition) is 5. The molecule has 0 bridgehead atoms. The number of benzene rings is 1.